The summed E-state index contributed by atoms with van der Waals surface area (Å²) in [5, 5.41) is 0. The van der Waals surface area contributed by atoms with E-state index in [2.05, 4.69) is 192 Å². The zero-order valence-corrected chi connectivity index (χ0v) is 39.4. The molecule has 0 N–H and O–H groups in total. The van der Waals surface area contributed by atoms with Gasteiger partial charge in [0.05, 0.1) is 52.3 Å². The normalized spacial score (nSPS) is 11.8. The number of pyridine rings is 3. The van der Waals surface area contributed by atoms with Crippen LogP contribution in [0.5, 0.6) is 0 Å². The maximum absolute atomic E-state index is 4.66. The van der Waals surface area contributed by atoms with E-state index in [1.165, 1.54) is 35.2 Å². The summed E-state index contributed by atoms with van der Waals surface area (Å²) in [6.45, 7) is 0. The predicted molar refractivity (Wildman–Crippen MR) is 290 cm³/mol. The van der Waals surface area contributed by atoms with Crippen molar-refractivity contribution in [1.82, 2.24) is 41.2 Å². The molecular weight excluding hydrogens is 921 g/mol. The van der Waals surface area contributed by atoms with Crippen LogP contribution in [0.1, 0.15) is 33.4 Å². The molecule has 12 rings (SSSR count). The van der Waals surface area contributed by atoms with Crippen molar-refractivity contribution in [3.8, 4) is 33.8 Å². The van der Waals surface area contributed by atoms with Crippen molar-refractivity contribution in [3.05, 3.63) is 216 Å². The van der Waals surface area contributed by atoms with Crippen LogP contribution < -0.4 is 4.90 Å². The minimum absolute atomic E-state index is 0.855. The second kappa shape index (κ2) is 19.1. The van der Waals surface area contributed by atoms with Crippen LogP contribution in [-0.4, -0.2) is 41.2 Å². The lowest BCUT2D eigenvalue weighted by Gasteiger charge is -2.26. The topological polar surface area (TPSA) is 119 Å². The van der Waals surface area contributed by atoms with E-state index in [4.69, 9.17) is 0 Å². The Morgan fingerprint density at radius 1 is 0.286 bits per heavy atom. The molecule has 0 unspecified atom stereocenters. The van der Waals surface area contributed by atoms with Gasteiger partial charge in [0.15, 0.2) is 0 Å². The molecule has 6 heterocycles. The highest BCUT2D eigenvalue weighted by molar-refractivity contribution is 7.00. The molecule has 0 amide bonds. The minimum Gasteiger partial charge on any atom is -0.311 e. The van der Waals surface area contributed by atoms with Gasteiger partial charge in [-0.2, -0.15) is 26.2 Å². The van der Waals surface area contributed by atoms with Crippen LogP contribution >= 0.6 is 35.2 Å². The second-order valence-electron chi connectivity index (χ2n) is 16.2. The third-order valence-electron chi connectivity index (χ3n) is 12.0. The number of hydrogen-bond donors (Lipinski definition) is 0. The van der Waals surface area contributed by atoms with Crippen molar-refractivity contribution in [2.45, 2.75) is 0 Å². The van der Waals surface area contributed by atoms with Crippen molar-refractivity contribution >= 4 is 122 Å². The van der Waals surface area contributed by atoms with Crippen LogP contribution in [0.25, 0.3) is 103 Å². The highest BCUT2D eigenvalue weighted by Gasteiger charge is 2.16. The molecule has 10 nitrogen and oxygen atoms in total. The first-order chi connectivity index (χ1) is 34.7. The molecule has 0 atom stereocenters. The first-order valence-electron chi connectivity index (χ1n) is 22.3. The molecule has 6 aromatic heterocycles. The molecule has 0 spiro atoms. The third kappa shape index (κ3) is 8.56. The van der Waals surface area contributed by atoms with Gasteiger partial charge >= 0.3 is 0 Å². The van der Waals surface area contributed by atoms with Crippen molar-refractivity contribution < 1.29 is 0 Å². The van der Waals surface area contributed by atoms with Crippen molar-refractivity contribution in [2.24, 2.45) is 0 Å². The Kier molecular flexibility index (Phi) is 11.6. The number of benzene rings is 6. The summed E-state index contributed by atoms with van der Waals surface area (Å²) in [6.07, 6.45) is 18.1. The quantitative estimate of drug-likeness (QED) is 0.109. The molecule has 0 bridgehead atoms. The van der Waals surface area contributed by atoms with Crippen LogP contribution in [0.3, 0.4) is 0 Å². The number of hydrogen-bond acceptors (Lipinski definition) is 13. The van der Waals surface area contributed by atoms with E-state index in [0.717, 1.165) is 117 Å². The standard InChI is InChI=1S/C57H36N10S3/c1-4-34-58-49(7-1)46-31-22-40(52-55(46)64-68-61-52)19-10-37-13-25-43(26-14-37)67(44-27-15-38(16-28-44)11-20-41-23-32-47(50-8-2-5-35-59-50)56-53(41)62-69-65-56)45-29-17-39(18-30-45)12-21-42-24-33-48(51-9-3-6-36-60-51)57-54(42)63-70-66-57/h1-36H/b19-10+,20-11+,21-12+. The van der Waals surface area contributed by atoms with Crippen molar-refractivity contribution in [1.29, 1.82) is 0 Å². The lowest BCUT2D eigenvalue weighted by Crippen LogP contribution is -2.09. The first-order valence-corrected chi connectivity index (χ1v) is 24.5. The maximum Gasteiger partial charge on any atom is 0.114 e. The van der Waals surface area contributed by atoms with Crippen molar-refractivity contribution in [3.63, 3.8) is 0 Å². The van der Waals surface area contributed by atoms with Gasteiger partial charge in [0.2, 0.25) is 0 Å². The SMILES string of the molecule is C(=C\c1ccc(-c2ccccn2)c2nsnc12)/c1ccc(N(c2ccc(/C=C/c3ccc(-c4ccccn4)c4nsnc34)cc2)c2ccc(/C=C/c3ccc(-c4ccccn4)c4nsnc34)cc2)cc1. The van der Waals surface area contributed by atoms with E-state index in [9.17, 15) is 0 Å². The smallest absolute Gasteiger partial charge is 0.114 e. The minimum atomic E-state index is 0.855. The van der Waals surface area contributed by atoms with Gasteiger partial charge < -0.3 is 4.90 Å². The highest BCUT2D eigenvalue weighted by Crippen LogP contribution is 2.37. The van der Waals surface area contributed by atoms with Crippen LogP contribution in [0.2, 0.25) is 0 Å². The van der Waals surface area contributed by atoms with Crippen LogP contribution in [0.4, 0.5) is 17.1 Å². The molecule has 0 saturated heterocycles. The lowest BCUT2D eigenvalue weighted by atomic mass is 10.0. The van der Waals surface area contributed by atoms with Gasteiger partial charge in [-0.15, -0.1) is 0 Å². The fraction of sp³-hybridized carbons (Fsp3) is 0. The summed E-state index contributed by atoms with van der Waals surface area (Å²) in [7, 11) is 0. The molecule has 12 aromatic rings. The zero-order valence-electron chi connectivity index (χ0n) is 37.0. The first kappa shape index (κ1) is 42.6. The number of anilines is 3. The average Bonchev–Trinajstić information content (AvgIpc) is 4.24. The Bertz CT molecular complexity index is 3460. The summed E-state index contributed by atoms with van der Waals surface area (Å²) in [5.74, 6) is 0. The van der Waals surface area contributed by atoms with Gasteiger partial charge in [0, 0.05) is 69.0 Å². The molecule has 0 aliphatic heterocycles. The summed E-state index contributed by atoms with van der Waals surface area (Å²) >= 11 is 3.65. The summed E-state index contributed by atoms with van der Waals surface area (Å²) in [5.41, 5.74) is 20.0. The molecule has 13 heteroatoms. The molecule has 0 fully saturated rings. The predicted octanol–water partition coefficient (Wildman–Crippen LogP) is 14.9. The molecule has 70 heavy (non-hydrogen) atoms. The Hall–Kier alpha value is -8.75. The molecular formula is C57H36N10S3. The number of nitrogens with zero attached hydrogens (tertiary/aromatic N) is 10. The third-order valence-corrected chi connectivity index (χ3v) is 13.6. The van der Waals surface area contributed by atoms with Gasteiger partial charge in [-0.05, 0) is 108 Å². The molecule has 332 valence electrons. The number of rotatable bonds is 12. The highest BCUT2D eigenvalue weighted by atomic mass is 32.1. The van der Waals surface area contributed by atoms with E-state index in [1.54, 1.807) is 18.6 Å². The van der Waals surface area contributed by atoms with Crippen molar-refractivity contribution in [2.75, 3.05) is 4.90 Å². The van der Waals surface area contributed by atoms with Crippen LogP contribution in [0.15, 0.2) is 182 Å². The molecule has 0 aliphatic carbocycles. The largest absolute Gasteiger partial charge is 0.311 e. The fourth-order valence-electron chi connectivity index (χ4n) is 8.46. The van der Waals surface area contributed by atoms with Gasteiger partial charge in [0.1, 0.15) is 33.1 Å². The van der Waals surface area contributed by atoms with E-state index in [1.807, 2.05) is 54.6 Å². The second-order valence-corrected chi connectivity index (χ2v) is 17.8. The maximum atomic E-state index is 4.66. The summed E-state index contributed by atoms with van der Waals surface area (Å²) in [6, 6.07) is 56.0. The summed E-state index contributed by atoms with van der Waals surface area (Å²) < 4.78 is 27.9. The summed E-state index contributed by atoms with van der Waals surface area (Å²) in [4.78, 5) is 15.9. The fourth-order valence-corrected chi connectivity index (χ4v) is 10.2. The Labute approximate surface area is 415 Å². The Morgan fingerprint density at radius 2 is 0.586 bits per heavy atom. The number of aromatic nitrogens is 9. The molecule has 0 saturated carbocycles. The van der Waals surface area contributed by atoms with Gasteiger partial charge in [-0.3, -0.25) is 15.0 Å². The van der Waals surface area contributed by atoms with Gasteiger partial charge in [-0.25, -0.2) is 0 Å². The van der Waals surface area contributed by atoms with Crippen LogP contribution in [0, 0.1) is 0 Å². The molecule has 0 radical (unpaired) electrons. The Morgan fingerprint density at radius 3 is 0.871 bits per heavy atom. The Balaban J connectivity index is 0.835. The van der Waals surface area contributed by atoms with E-state index < -0.39 is 0 Å². The zero-order chi connectivity index (χ0) is 46.6. The monoisotopic (exact) mass is 956 g/mol. The van der Waals surface area contributed by atoms with E-state index >= 15 is 0 Å². The number of fused-ring (bicyclic) bond motifs is 3. The van der Waals surface area contributed by atoms with Crippen LogP contribution in [-0.2, 0) is 0 Å². The lowest BCUT2D eigenvalue weighted by molar-refractivity contribution is 1.28. The van der Waals surface area contributed by atoms with Gasteiger partial charge in [-0.1, -0.05) is 109 Å². The molecule has 6 aromatic carbocycles. The average molecular weight is 957 g/mol. The van der Waals surface area contributed by atoms with Gasteiger partial charge in [0.25, 0.3) is 0 Å². The molecule has 0 aliphatic rings. The van der Waals surface area contributed by atoms with E-state index in [-0.39, 0.29) is 0 Å². The van der Waals surface area contributed by atoms with E-state index in [0.29, 0.717) is 0 Å².